The van der Waals surface area contributed by atoms with Gasteiger partial charge < -0.3 is 39.0 Å². The van der Waals surface area contributed by atoms with Crippen LogP contribution in [0.25, 0.3) is 56.0 Å². The first-order valence-electron chi connectivity index (χ1n) is 14.4. The van der Waals surface area contributed by atoms with E-state index in [1.54, 1.807) is 30.3 Å². The molecule has 0 saturated carbocycles. The summed E-state index contributed by atoms with van der Waals surface area (Å²) in [5.74, 6) is -0.995. The minimum absolute atomic E-state index is 0. The molecule has 5 heterocycles. The summed E-state index contributed by atoms with van der Waals surface area (Å²) in [4.78, 5) is 36.3. The molecule has 0 N–H and O–H groups in total. The van der Waals surface area contributed by atoms with Crippen molar-refractivity contribution in [3.05, 3.63) is 113 Å². The van der Waals surface area contributed by atoms with Crippen molar-refractivity contribution in [2.75, 3.05) is 0 Å². The van der Waals surface area contributed by atoms with E-state index in [1.165, 1.54) is 24.3 Å². The van der Waals surface area contributed by atoms with Gasteiger partial charge in [0.1, 0.15) is 20.2 Å². The summed E-state index contributed by atoms with van der Waals surface area (Å²) >= 11 is 0. The molecule has 8 bridgehead atoms. The summed E-state index contributed by atoms with van der Waals surface area (Å²) in [7, 11) is -9.98. The van der Waals surface area contributed by atoms with Crippen LogP contribution in [0.4, 0.5) is 0 Å². The molecule has 0 fully saturated rings. The van der Waals surface area contributed by atoms with Gasteiger partial charge in [0.05, 0.1) is 33.8 Å². The molecule has 2 aromatic heterocycles. The minimum Gasteiger partial charge on any atom is -0.744 e. The van der Waals surface area contributed by atoms with Crippen molar-refractivity contribution in [1.82, 2.24) is 39.9 Å². The smallest absolute Gasteiger partial charge is 0.744 e. The molecular weight excluding hydrogens is 766 g/mol. The van der Waals surface area contributed by atoms with E-state index in [0.29, 0.717) is 22.2 Å². The van der Waals surface area contributed by atoms with E-state index in [4.69, 9.17) is 15.0 Å². The minimum atomic E-state index is -5.01. The monoisotopic (exact) mass is 781 g/mol. The Morgan fingerprint density at radius 2 is 1.41 bits per heavy atom. The quantitative estimate of drug-likeness (QED) is 0.121. The zero-order chi connectivity index (χ0) is 32.9. The molecule has 245 valence electrons. The summed E-state index contributed by atoms with van der Waals surface area (Å²) in [6.07, 6.45) is 11.5. The Labute approximate surface area is 344 Å². The number of fused-ring (bicyclic) bond motifs is 18. The number of hydrogen-bond donors (Lipinski definition) is 0. The molecule has 4 aromatic rings. The molecule has 14 nitrogen and oxygen atoms in total. The van der Waals surface area contributed by atoms with Gasteiger partial charge in [-0.3, -0.25) is 0 Å². The van der Waals surface area contributed by atoms with Gasteiger partial charge in [-0.1, -0.05) is 72.9 Å². The van der Waals surface area contributed by atoms with Crippen LogP contribution in [0.3, 0.4) is 0 Å². The number of benzene rings is 2. The van der Waals surface area contributed by atoms with E-state index in [0.717, 1.165) is 6.07 Å². The second kappa shape index (κ2) is 13.7. The first-order chi connectivity index (χ1) is 23.0. The van der Waals surface area contributed by atoms with Gasteiger partial charge in [0, 0.05) is 49.9 Å². The third-order valence-corrected chi connectivity index (χ3v) is 10.2. The molecule has 3 aliphatic heterocycles. The second-order valence-electron chi connectivity index (χ2n) is 11.2. The fraction of sp³-hybridized carbons (Fsp3) is 0.0625. The Bertz CT molecular complexity index is 2890. The first kappa shape index (κ1) is 37.6. The van der Waals surface area contributed by atoms with Gasteiger partial charge in [-0.05, 0) is 28.7 Å². The predicted octanol–water partition coefficient (Wildman–Crippen LogP) is -4.73. The van der Waals surface area contributed by atoms with Crippen LogP contribution in [0.2, 0.25) is 0 Å². The van der Waals surface area contributed by atoms with E-state index in [1.807, 2.05) is 24.3 Å². The van der Waals surface area contributed by atoms with E-state index >= 15 is 0 Å². The van der Waals surface area contributed by atoms with Crippen LogP contribution in [0.1, 0.15) is 23.5 Å². The fourth-order valence-corrected chi connectivity index (χ4v) is 7.80. The van der Waals surface area contributed by atoms with E-state index in [-0.39, 0.29) is 133 Å². The van der Waals surface area contributed by atoms with Gasteiger partial charge in [-0.2, -0.15) is 0 Å². The van der Waals surface area contributed by atoms with Crippen LogP contribution < -0.4 is 80.0 Å². The maximum Gasteiger partial charge on any atom is 2.00 e. The molecule has 51 heavy (non-hydrogen) atoms. The molecule has 5 aliphatic rings. The maximum atomic E-state index is 12.5. The van der Waals surface area contributed by atoms with Crippen LogP contribution in [0.15, 0.2) is 94.8 Å². The number of allylic oxidation sites excluding steroid dienone is 8. The van der Waals surface area contributed by atoms with Crippen LogP contribution in [0.5, 0.6) is 0 Å². The van der Waals surface area contributed by atoms with Crippen LogP contribution in [-0.2, 0) is 37.3 Å². The number of nitrogens with zero attached hydrogens (tertiary/aromatic N) is 8. The van der Waals surface area contributed by atoms with E-state index in [2.05, 4.69) is 24.9 Å². The molecule has 2 atom stereocenters. The number of aromatic nitrogens is 8. The van der Waals surface area contributed by atoms with Crippen LogP contribution in [0, 0.1) is 0 Å². The van der Waals surface area contributed by atoms with Crippen LogP contribution in [-0.4, -0.2) is 55.8 Å². The standard InChI is InChI=1S/C32H18N8O6S2.Cu.2Na/c41-47(42,43)21-13-5-11-19-23(21)31-37-27-17-9-3-1-7-15(17)25(34-27)33-26-16-8-2-4-10-18(16)28(35-26)38-32-24-20(30(40-32)36-29(19)39-31)12-6-14-22(24)48(44,45)46;;;/h1-14,17,23H,(H2-2,33,34,35,36,37,38,39,40,41,42,43,44,45,46);;;/q-2;+2;2*+1/p-2. The molecule has 0 amide bonds. The fourth-order valence-electron chi connectivity index (χ4n) is 6.34. The summed E-state index contributed by atoms with van der Waals surface area (Å²) < 4.78 is 74.7. The van der Waals surface area contributed by atoms with Crippen molar-refractivity contribution in [2.45, 2.75) is 16.7 Å². The van der Waals surface area contributed by atoms with Gasteiger partial charge in [-0.25, -0.2) is 26.8 Å². The van der Waals surface area contributed by atoms with Crippen molar-refractivity contribution in [2.24, 2.45) is 0 Å². The molecule has 0 spiro atoms. The Morgan fingerprint density at radius 3 is 2.14 bits per heavy atom. The molecule has 19 heteroatoms. The van der Waals surface area contributed by atoms with Gasteiger partial charge >= 0.3 is 76.2 Å². The Morgan fingerprint density at radius 1 is 0.686 bits per heavy atom. The van der Waals surface area contributed by atoms with Gasteiger partial charge in [0.15, 0.2) is 0 Å². The normalized spacial score (nSPS) is 17.6. The Balaban J connectivity index is 0.00000149. The SMILES string of the molecule is O=S(=O)([O-])C1=CC=CC2=c3nc(nc4[n-]c(nc5nc(nc6[n-]c(n3)c3cccc(S(=O)(=O)[O-])c63)-c3ccccc3-5)=C3C=CC=CC34)C12.[Cu+2].[Na+].[Na+]. The molecule has 2 unspecified atom stereocenters. The molecule has 9 rings (SSSR count). The molecule has 1 radical (unpaired) electrons. The zero-order valence-corrected chi connectivity index (χ0v) is 33.0. The van der Waals surface area contributed by atoms with Gasteiger partial charge in [0.25, 0.3) is 0 Å². The largest absolute Gasteiger partial charge is 2.00 e. The van der Waals surface area contributed by atoms with Crippen LogP contribution >= 0.6 is 0 Å². The number of rotatable bonds is 2. The van der Waals surface area contributed by atoms with Gasteiger partial charge in [0.2, 0.25) is 0 Å². The Hall–Kier alpha value is -3.16. The van der Waals surface area contributed by atoms with Crippen molar-refractivity contribution < 1.29 is 102 Å². The average molecular weight is 782 g/mol. The van der Waals surface area contributed by atoms with Gasteiger partial charge in [-0.15, -0.1) is 0 Å². The topological polar surface area (TPSA) is 220 Å². The summed E-state index contributed by atoms with van der Waals surface area (Å²) in [6.45, 7) is 0. The van der Waals surface area contributed by atoms with Crippen molar-refractivity contribution in [1.29, 1.82) is 0 Å². The van der Waals surface area contributed by atoms with E-state index in [9.17, 15) is 25.9 Å². The second-order valence-corrected chi connectivity index (χ2v) is 13.9. The average Bonchev–Trinajstić information content (AvgIpc) is 3.79. The van der Waals surface area contributed by atoms with Crippen molar-refractivity contribution in [3.8, 4) is 22.8 Å². The summed E-state index contributed by atoms with van der Waals surface area (Å²) in [5.41, 5.74) is 2.26. The summed E-state index contributed by atoms with van der Waals surface area (Å²) in [5, 5.41) is 0.0963. The third-order valence-electron chi connectivity index (χ3n) is 8.40. The van der Waals surface area contributed by atoms with E-state index < -0.39 is 41.9 Å². The zero-order valence-electron chi connectivity index (χ0n) is 26.4. The molecule has 0 saturated heterocycles. The third kappa shape index (κ3) is 6.24. The van der Waals surface area contributed by atoms with Crippen molar-refractivity contribution in [3.63, 3.8) is 0 Å². The molecule has 2 aromatic carbocycles. The predicted molar refractivity (Wildman–Crippen MR) is 168 cm³/mol. The molecule has 2 aliphatic carbocycles. The number of hydrogen-bond acceptors (Lipinski definition) is 12. The summed E-state index contributed by atoms with van der Waals surface area (Å²) in [6, 6.07) is 11.2. The molecular formula is C32H16CuN8Na2O6S2. The first-order valence-corrected chi connectivity index (χ1v) is 17.2. The Kier molecular flexibility index (Phi) is 10.1. The maximum absolute atomic E-state index is 12.5. The van der Waals surface area contributed by atoms with Crippen molar-refractivity contribution >= 4 is 53.4 Å².